The molecule has 0 aromatic heterocycles. The van der Waals surface area contributed by atoms with Gasteiger partial charge in [0.2, 0.25) is 10.0 Å². The normalized spacial score (nSPS) is 28.7. The number of hydrogen-bond acceptors (Lipinski definition) is 3. The summed E-state index contributed by atoms with van der Waals surface area (Å²) >= 11 is 0. The Morgan fingerprint density at radius 2 is 1.38 bits per heavy atom. The zero-order chi connectivity index (χ0) is 18.5. The Balaban J connectivity index is 1.53. The molecule has 2 bridgehead atoms. The van der Waals surface area contributed by atoms with Gasteiger partial charge in [0, 0.05) is 31.2 Å². The Bertz CT molecular complexity index is 731. The summed E-state index contributed by atoms with van der Waals surface area (Å²) < 4.78 is 28.2. The Hall–Kier alpha value is -0.910. The van der Waals surface area contributed by atoms with Crippen LogP contribution in [0.1, 0.15) is 64.9 Å². The zero-order valence-electron chi connectivity index (χ0n) is 16.3. The molecule has 0 N–H and O–H groups in total. The molecule has 1 aromatic rings. The lowest BCUT2D eigenvalue weighted by Crippen LogP contribution is -2.57. The van der Waals surface area contributed by atoms with Gasteiger partial charge in [0.25, 0.3) is 0 Å². The molecule has 144 valence electrons. The van der Waals surface area contributed by atoms with Gasteiger partial charge in [0.1, 0.15) is 0 Å². The Morgan fingerprint density at radius 1 is 0.846 bits per heavy atom. The second kappa shape index (κ2) is 6.61. The first-order chi connectivity index (χ1) is 12.3. The highest BCUT2D eigenvalue weighted by atomic mass is 32.2. The number of fused-ring (bicyclic) bond motifs is 2. The second-order valence-corrected chi connectivity index (χ2v) is 11.3. The minimum Gasteiger partial charge on any atom is -0.292 e. The first-order valence-electron chi connectivity index (χ1n) is 10.1. The molecule has 4 rings (SSSR count). The predicted molar refractivity (Wildman–Crippen MR) is 105 cm³/mol. The highest BCUT2D eigenvalue weighted by molar-refractivity contribution is 7.89. The van der Waals surface area contributed by atoms with E-state index in [1.54, 1.807) is 16.4 Å². The molecular formula is C21H32N2O2S. The molecule has 2 unspecified atom stereocenters. The zero-order valence-corrected chi connectivity index (χ0v) is 17.1. The quantitative estimate of drug-likeness (QED) is 0.806. The van der Waals surface area contributed by atoms with Crippen LogP contribution in [0.25, 0.3) is 0 Å². The van der Waals surface area contributed by atoms with Gasteiger partial charge in [0.05, 0.1) is 4.90 Å². The van der Waals surface area contributed by atoms with Crippen molar-refractivity contribution < 1.29 is 8.42 Å². The fourth-order valence-corrected chi connectivity index (χ4v) is 6.68. The van der Waals surface area contributed by atoms with Gasteiger partial charge >= 0.3 is 0 Å². The lowest BCUT2D eigenvalue weighted by Gasteiger charge is -2.43. The number of rotatable bonds is 3. The average Bonchev–Trinajstić information content (AvgIpc) is 3.19. The van der Waals surface area contributed by atoms with E-state index in [2.05, 4.69) is 25.7 Å². The summed E-state index contributed by atoms with van der Waals surface area (Å²) in [7, 11) is -3.39. The number of benzene rings is 1. The molecule has 0 radical (unpaired) electrons. The number of sulfonamides is 1. The van der Waals surface area contributed by atoms with Crippen molar-refractivity contribution in [1.29, 1.82) is 0 Å². The van der Waals surface area contributed by atoms with Gasteiger partial charge in [-0.2, -0.15) is 4.31 Å². The van der Waals surface area contributed by atoms with E-state index >= 15 is 0 Å². The molecule has 1 aromatic carbocycles. The van der Waals surface area contributed by atoms with Crippen LogP contribution in [0, 0.1) is 0 Å². The molecule has 3 aliphatic rings. The number of nitrogens with zero attached hydrogens (tertiary/aromatic N) is 2. The molecule has 0 amide bonds. The van der Waals surface area contributed by atoms with Crippen LogP contribution in [0.4, 0.5) is 0 Å². The summed E-state index contributed by atoms with van der Waals surface area (Å²) in [5, 5.41) is 0. The molecule has 5 heteroatoms. The smallest absolute Gasteiger partial charge is 0.243 e. The number of hydrogen-bond donors (Lipinski definition) is 0. The summed E-state index contributed by atoms with van der Waals surface area (Å²) in [5.41, 5.74) is 1.21. The third-order valence-corrected chi connectivity index (χ3v) is 8.46. The van der Waals surface area contributed by atoms with Gasteiger partial charge in [-0.1, -0.05) is 45.7 Å². The standard InChI is InChI=1S/C21H32N2O2S/c1-21(2,3)16-8-12-20(13-9-16)26(24,25)22-14-18-10-11-19(15-22)23(18)17-6-4-5-7-17/h8-9,12-13,17-19H,4-7,10-11,14-15H2,1-3H3. The van der Waals surface area contributed by atoms with Crippen molar-refractivity contribution in [2.24, 2.45) is 0 Å². The van der Waals surface area contributed by atoms with Crippen molar-refractivity contribution in [2.75, 3.05) is 13.1 Å². The molecule has 1 saturated carbocycles. The van der Waals surface area contributed by atoms with Gasteiger partial charge in [-0.15, -0.1) is 0 Å². The molecule has 1 aliphatic carbocycles. The maximum Gasteiger partial charge on any atom is 0.243 e. The minimum absolute atomic E-state index is 0.0360. The van der Waals surface area contributed by atoms with Gasteiger partial charge in [0.15, 0.2) is 0 Å². The lowest BCUT2D eigenvalue weighted by molar-refractivity contribution is 0.0677. The second-order valence-electron chi connectivity index (χ2n) is 9.37. The third-order valence-electron chi connectivity index (χ3n) is 6.61. The monoisotopic (exact) mass is 376 g/mol. The molecular weight excluding hydrogens is 344 g/mol. The van der Waals surface area contributed by atoms with Crippen molar-refractivity contribution in [1.82, 2.24) is 9.21 Å². The molecule has 4 nitrogen and oxygen atoms in total. The van der Waals surface area contributed by atoms with Crippen LogP contribution in [-0.2, 0) is 15.4 Å². The first kappa shape index (κ1) is 18.5. The third kappa shape index (κ3) is 3.23. The summed E-state index contributed by atoms with van der Waals surface area (Å²) in [5.74, 6) is 0. The topological polar surface area (TPSA) is 40.6 Å². The molecule has 2 heterocycles. The van der Waals surface area contributed by atoms with E-state index in [1.807, 2.05) is 12.1 Å². The van der Waals surface area contributed by atoms with Gasteiger partial charge in [-0.25, -0.2) is 8.42 Å². The van der Waals surface area contributed by atoms with Crippen LogP contribution >= 0.6 is 0 Å². The van der Waals surface area contributed by atoms with Crippen LogP contribution in [-0.4, -0.2) is 48.8 Å². The van der Waals surface area contributed by atoms with Gasteiger partial charge in [-0.05, 0) is 48.8 Å². The maximum atomic E-state index is 13.2. The van der Waals surface area contributed by atoms with Crippen molar-refractivity contribution >= 4 is 10.0 Å². The van der Waals surface area contributed by atoms with Crippen molar-refractivity contribution in [3.8, 4) is 0 Å². The summed E-state index contributed by atoms with van der Waals surface area (Å²) in [4.78, 5) is 3.13. The van der Waals surface area contributed by atoms with Crippen molar-refractivity contribution in [2.45, 2.75) is 87.7 Å². The molecule has 3 fully saturated rings. The Morgan fingerprint density at radius 3 is 1.88 bits per heavy atom. The van der Waals surface area contributed by atoms with Crippen LogP contribution in [0.2, 0.25) is 0 Å². The summed E-state index contributed by atoms with van der Waals surface area (Å²) in [6.07, 6.45) is 7.57. The highest BCUT2D eigenvalue weighted by Gasteiger charge is 2.46. The van der Waals surface area contributed by atoms with Gasteiger partial charge < -0.3 is 0 Å². The SMILES string of the molecule is CC(C)(C)c1ccc(S(=O)(=O)N2CC3CCC(C2)N3C2CCCC2)cc1. The van der Waals surface area contributed by atoms with E-state index in [4.69, 9.17) is 0 Å². The summed E-state index contributed by atoms with van der Waals surface area (Å²) in [6.45, 7) is 7.77. The van der Waals surface area contributed by atoms with Gasteiger partial charge in [-0.3, -0.25) is 4.90 Å². The number of piperazine rings is 1. The molecule has 26 heavy (non-hydrogen) atoms. The first-order valence-corrected chi connectivity index (χ1v) is 11.6. The maximum absolute atomic E-state index is 13.2. The van der Waals surface area contributed by atoms with E-state index < -0.39 is 10.0 Å². The molecule has 2 atom stereocenters. The van der Waals surface area contributed by atoms with E-state index in [1.165, 1.54) is 31.2 Å². The van der Waals surface area contributed by atoms with E-state index in [0.29, 0.717) is 36.1 Å². The van der Waals surface area contributed by atoms with Crippen molar-refractivity contribution in [3.05, 3.63) is 29.8 Å². The largest absolute Gasteiger partial charge is 0.292 e. The van der Waals surface area contributed by atoms with E-state index in [9.17, 15) is 8.42 Å². The van der Waals surface area contributed by atoms with Crippen LogP contribution in [0.5, 0.6) is 0 Å². The Labute approximate surface area is 158 Å². The molecule has 2 saturated heterocycles. The molecule has 0 spiro atoms. The van der Waals surface area contributed by atoms with Crippen LogP contribution in [0.3, 0.4) is 0 Å². The fourth-order valence-electron chi connectivity index (χ4n) is 5.17. The molecule has 2 aliphatic heterocycles. The average molecular weight is 377 g/mol. The minimum atomic E-state index is -3.39. The summed E-state index contributed by atoms with van der Waals surface area (Å²) in [6, 6.07) is 9.05. The lowest BCUT2D eigenvalue weighted by atomic mass is 9.87. The van der Waals surface area contributed by atoms with E-state index in [0.717, 1.165) is 12.8 Å². The van der Waals surface area contributed by atoms with Crippen LogP contribution in [0.15, 0.2) is 29.2 Å². The van der Waals surface area contributed by atoms with E-state index in [-0.39, 0.29) is 5.41 Å². The van der Waals surface area contributed by atoms with Crippen molar-refractivity contribution in [3.63, 3.8) is 0 Å². The fraction of sp³-hybridized carbons (Fsp3) is 0.714. The van der Waals surface area contributed by atoms with Crippen LogP contribution < -0.4 is 0 Å². The predicted octanol–water partition coefficient (Wildman–Crippen LogP) is 3.76. The Kier molecular flexibility index (Phi) is 4.69. The highest BCUT2D eigenvalue weighted by Crippen LogP contribution is 2.38.